The Kier molecular flexibility index (Phi) is 5.87. The minimum absolute atomic E-state index is 0.0229. The zero-order valence-electron chi connectivity index (χ0n) is 14.2. The number of benzene rings is 1. The van der Waals surface area contributed by atoms with Crippen LogP contribution in [-0.4, -0.2) is 41.0 Å². The van der Waals surface area contributed by atoms with Crippen LogP contribution in [0.15, 0.2) is 6.07 Å². The summed E-state index contributed by atoms with van der Waals surface area (Å²) in [4.78, 5) is 15.5. The predicted octanol–water partition coefficient (Wildman–Crippen LogP) is 4.33. The number of anilines is 1. The second kappa shape index (κ2) is 8.02. The molecule has 0 saturated heterocycles. The first-order valence-corrected chi connectivity index (χ1v) is 9.07. The fourth-order valence-electron chi connectivity index (χ4n) is 2.38. The Morgan fingerprint density at radius 3 is 2.79 bits per heavy atom. The molecule has 1 N–H and O–H groups in total. The lowest BCUT2D eigenvalue weighted by Crippen LogP contribution is -2.14. The third kappa shape index (κ3) is 3.82. The van der Waals surface area contributed by atoms with Gasteiger partial charge in [0, 0.05) is 7.05 Å². The maximum Gasteiger partial charge on any atom is 0.388 e. The van der Waals surface area contributed by atoms with E-state index in [4.69, 9.17) is 23.2 Å². The smallest absolute Gasteiger partial charge is 0.388 e. The topological polar surface area (TPSA) is 78.3 Å². The van der Waals surface area contributed by atoms with Crippen LogP contribution >= 0.6 is 34.5 Å². The highest BCUT2D eigenvalue weighted by molar-refractivity contribution is 7.22. The Hall–Kier alpha value is -2.24. The van der Waals surface area contributed by atoms with E-state index in [0.29, 0.717) is 0 Å². The number of rotatable bonds is 6. The van der Waals surface area contributed by atoms with Crippen molar-refractivity contribution in [2.24, 2.45) is 7.05 Å². The van der Waals surface area contributed by atoms with Crippen molar-refractivity contribution in [2.75, 3.05) is 19.0 Å². The van der Waals surface area contributed by atoms with Crippen molar-refractivity contribution >= 4 is 55.9 Å². The summed E-state index contributed by atoms with van der Waals surface area (Å²) in [7, 11) is 2.56. The molecule has 0 amide bonds. The van der Waals surface area contributed by atoms with Crippen molar-refractivity contribution < 1.29 is 27.4 Å². The number of carbonyl (C=O) groups is 1. The molecule has 3 rings (SSSR count). The molecule has 3 aromatic rings. The van der Waals surface area contributed by atoms with Gasteiger partial charge in [0.15, 0.2) is 5.13 Å². The summed E-state index contributed by atoms with van der Waals surface area (Å²) < 4.78 is 50.0. The normalized spacial score (nSPS) is 11.3. The van der Waals surface area contributed by atoms with Crippen molar-refractivity contribution in [2.45, 2.75) is 6.61 Å². The zero-order valence-corrected chi connectivity index (χ0v) is 16.6. The Balaban J connectivity index is 2.13. The lowest BCUT2D eigenvalue weighted by molar-refractivity contribution is -0.138. The average molecular weight is 455 g/mol. The number of aromatic nitrogens is 3. The van der Waals surface area contributed by atoms with E-state index in [1.54, 1.807) is 0 Å². The number of nitrogens with one attached hydrogen (secondary N) is 1. The van der Waals surface area contributed by atoms with Gasteiger partial charge in [0.05, 0.1) is 22.4 Å². The van der Waals surface area contributed by atoms with E-state index in [9.17, 15) is 18.0 Å². The van der Waals surface area contributed by atoms with Gasteiger partial charge in [-0.2, -0.15) is 13.9 Å². The van der Waals surface area contributed by atoms with E-state index < -0.39 is 24.3 Å². The Morgan fingerprint density at radius 2 is 2.14 bits per heavy atom. The SMILES string of the molecule is COC(=O)CNc1nc2c(Cl)cc(F)c(-c3nn(C)c(OC(F)F)c3Cl)c2s1. The number of methoxy groups -OCH3 is 1. The van der Waals surface area contributed by atoms with Crippen LogP contribution in [0.4, 0.5) is 18.3 Å². The van der Waals surface area contributed by atoms with Crippen molar-refractivity contribution in [3.63, 3.8) is 0 Å². The summed E-state index contributed by atoms with van der Waals surface area (Å²) in [6.45, 7) is -3.30. The summed E-state index contributed by atoms with van der Waals surface area (Å²) in [5, 5.41) is 6.74. The molecule has 0 aliphatic rings. The van der Waals surface area contributed by atoms with Gasteiger partial charge < -0.3 is 14.8 Å². The van der Waals surface area contributed by atoms with E-state index in [2.05, 4.69) is 24.9 Å². The van der Waals surface area contributed by atoms with Crippen LogP contribution in [0.3, 0.4) is 0 Å². The fraction of sp³-hybridized carbons (Fsp3) is 0.267. The fourth-order valence-corrected chi connectivity index (χ4v) is 3.99. The molecule has 0 atom stereocenters. The van der Waals surface area contributed by atoms with Crippen LogP contribution < -0.4 is 10.1 Å². The number of nitrogens with zero attached hydrogens (tertiary/aromatic N) is 3. The Labute approximate surface area is 170 Å². The van der Waals surface area contributed by atoms with Gasteiger partial charge >= 0.3 is 12.6 Å². The number of ether oxygens (including phenoxy) is 2. The quantitative estimate of drug-likeness (QED) is 0.558. The van der Waals surface area contributed by atoms with E-state index >= 15 is 0 Å². The van der Waals surface area contributed by atoms with Crippen LogP contribution in [-0.2, 0) is 16.6 Å². The summed E-state index contributed by atoms with van der Waals surface area (Å²) >= 11 is 13.2. The van der Waals surface area contributed by atoms with E-state index in [1.807, 2.05) is 0 Å². The number of hydrogen-bond acceptors (Lipinski definition) is 7. The van der Waals surface area contributed by atoms with Crippen molar-refractivity contribution in [1.29, 1.82) is 0 Å². The summed E-state index contributed by atoms with van der Waals surface area (Å²) in [5.41, 5.74) is 0.0448. The van der Waals surface area contributed by atoms with Crippen LogP contribution in [0, 0.1) is 5.82 Å². The minimum Gasteiger partial charge on any atom is -0.468 e. The molecule has 0 spiro atoms. The summed E-state index contributed by atoms with van der Waals surface area (Å²) in [6, 6.07) is 1.02. The third-order valence-corrected chi connectivity index (χ3v) is 5.22. The molecular formula is C15H11Cl2F3N4O3S. The molecule has 0 fully saturated rings. The number of alkyl halides is 2. The maximum atomic E-state index is 14.7. The monoisotopic (exact) mass is 454 g/mol. The van der Waals surface area contributed by atoms with Gasteiger partial charge in [0.25, 0.3) is 0 Å². The molecule has 150 valence electrons. The zero-order chi connectivity index (χ0) is 20.6. The van der Waals surface area contributed by atoms with E-state index in [-0.39, 0.29) is 43.2 Å². The van der Waals surface area contributed by atoms with Crippen LogP contribution in [0.25, 0.3) is 21.5 Å². The standard InChI is InChI=1S/C15H11Cl2F3N4O3S/c1-24-13(27-14(19)20)9(17)11(23-24)8-6(18)3-5(16)10-12(8)28-15(22-10)21-4-7(25)26-2/h3,14H,4H2,1-2H3,(H,21,22). The molecule has 0 unspecified atom stereocenters. The maximum absolute atomic E-state index is 14.7. The molecular weight excluding hydrogens is 444 g/mol. The molecule has 13 heteroatoms. The van der Waals surface area contributed by atoms with Crippen molar-refractivity contribution in [1.82, 2.24) is 14.8 Å². The van der Waals surface area contributed by atoms with Gasteiger partial charge in [-0.3, -0.25) is 4.79 Å². The highest BCUT2D eigenvalue weighted by Crippen LogP contribution is 2.44. The average Bonchev–Trinajstić information content (AvgIpc) is 3.17. The number of thiazole rings is 1. The first-order chi connectivity index (χ1) is 13.2. The number of esters is 1. The van der Waals surface area contributed by atoms with Gasteiger partial charge in [-0.1, -0.05) is 34.5 Å². The molecule has 0 bridgehead atoms. The number of carbonyl (C=O) groups excluding carboxylic acids is 1. The second-order valence-corrected chi connectivity index (χ2v) is 7.10. The van der Waals surface area contributed by atoms with Crippen molar-refractivity contribution in [3.8, 4) is 17.1 Å². The lowest BCUT2D eigenvalue weighted by Gasteiger charge is -2.04. The number of halogens is 5. The highest BCUT2D eigenvalue weighted by atomic mass is 35.5. The van der Waals surface area contributed by atoms with Gasteiger partial charge in [-0.25, -0.2) is 14.1 Å². The van der Waals surface area contributed by atoms with Gasteiger partial charge in [0.2, 0.25) is 5.88 Å². The molecule has 2 aromatic heterocycles. The van der Waals surface area contributed by atoms with E-state index in [0.717, 1.165) is 22.1 Å². The lowest BCUT2D eigenvalue weighted by atomic mass is 10.1. The first kappa shape index (κ1) is 20.5. The number of aryl methyl sites for hydroxylation is 1. The van der Waals surface area contributed by atoms with Crippen molar-refractivity contribution in [3.05, 3.63) is 21.9 Å². The molecule has 28 heavy (non-hydrogen) atoms. The molecule has 2 heterocycles. The highest BCUT2D eigenvalue weighted by Gasteiger charge is 2.26. The van der Waals surface area contributed by atoms with Gasteiger partial charge in [0.1, 0.15) is 28.6 Å². The van der Waals surface area contributed by atoms with Gasteiger partial charge in [-0.05, 0) is 6.07 Å². The second-order valence-electron chi connectivity index (χ2n) is 5.31. The predicted molar refractivity (Wildman–Crippen MR) is 98.9 cm³/mol. The number of fused-ring (bicyclic) bond motifs is 1. The third-order valence-electron chi connectivity index (χ3n) is 3.56. The van der Waals surface area contributed by atoms with Crippen LogP contribution in [0.1, 0.15) is 0 Å². The first-order valence-electron chi connectivity index (χ1n) is 7.49. The molecule has 0 saturated carbocycles. The van der Waals surface area contributed by atoms with E-state index in [1.165, 1.54) is 14.2 Å². The van der Waals surface area contributed by atoms with Crippen LogP contribution in [0.2, 0.25) is 10.0 Å². The minimum atomic E-state index is -3.13. The molecule has 0 aliphatic carbocycles. The Bertz CT molecular complexity index is 1060. The molecule has 7 nitrogen and oxygen atoms in total. The summed E-state index contributed by atoms with van der Waals surface area (Å²) in [5.74, 6) is -1.72. The summed E-state index contributed by atoms with van der Waals surface area (Å²) in [6.07, 6.45) is 0. The molecule has 0 aliphatic heterocycles. The van der Waals surface area contributed by atoms with Crippen LogP contribution in [0.5, 0.6) is 5.88 Å². The Morgan fingerprint density at radius 1 is 1.43 bits per heavy atom. The molecule has 1 aromatic carbocycles. The molecule has 0 radical (unpaired) electrons. The largest absolute Gasteiger partial charge is 0.468 e. The van der Waals surface area contributed by atoms with Gasteiger partial charge in [-0.15, -0.1) is 0 Å². The number of hydrogen-bond donors (Lipinski definition) is 1.